The summed E-state index contributed by atoms with van der Waals surface area (Å²) < 4.78 is 7.38. The number of carbonyl (C=O) groups is 1. The number of halogens is 1. The molecule has 0 saturated carbocycles. The summed E-state index contributed by atoms with van der Waals surface area (Å²) >= 11 is 5.84. The Morgan fingerprint density at radius 2 is 2.18 bits per heavy atom. The number of anilines is 1. The van der Waals surface area contributed by atoms with Crippen LogP contribution in [-0.2, 0) is 7.05 Å². The van der Waals surface area contributed by atoms with Crippen molar-refractivity contribution in [3.05, 3.63) is 35.6 Å². The highest BCUT2D eigenvalue weighted by atomic mass is 35.5. The number of benzene rings is 1. The first-order valence-corrected chi connectivity index (χ1v) is 7.32. The van der Waals surface area contributed by atoms with Crippen LogP contribution >= 0.6 is 11.6 Å². The minimum atomic E-state index is -0.214. The third kappa shape index (κ3) is 3.48. The van der Waals surface area contributed by atoms with E-state index in [1.807, 2.05) is 12.1 Å². The Balaban J connectivity index is 1.53. The molecule has 1 N–H and O–H groups in total. The van der Waals surface area contributed by atoms with Crippen LogP contribution in [0.25, 0.3) is 0 Å². The summed E-state index contributed by atoms with van der Waals surface area (Å²) in [6.07, 6.45) is 2.29. The molecule has 7 nitrogen and oxygen atoms in total. The number of likely N-dealkylation sites (tertiary alicyclic amines) is 1. The molecule has 0 aliphatic carbocycles. The van der Waals surface area contributed by atoms with Crippen molar-refractivity contribution in [3.8, 4) is 5.75 Å². The van der Waals surface area contributed by atoms with Crippen LogP contribution in [-0.4, -0.2) is 44.9 Å². The van der Waals surface area contributed by atoms with Crippen molar-refractivity contribution in [2.45, 2.75) is 12.5 Å². The Morgan fingerprint density at radius 1 is 1.41 bits per heavy atom. The Kier molecular flexibility index (Phi) is 4.15. The van der Waals surface area contributed by atoms with Crippen molar-refractivity contribution in [1.82, 2.24) is 19.7 Å². The fourth-order valence-corrected chi connectivity index (χ4v) is 2.41. The molecule has 0 radical (unpaired) electrons. The fraction of sp³-hybridized carbons (Fsp3) is 0.357. The smallest absolute Gasteiger partial charge is 0.324 e. The van der Waals surface area contributed by atoms with E-state index in [0.29, 0.717) is 24.1 Å². The highest BCUT2D eigenvalue weighted by Crippen LogP contribution is 2.20. The Labute approximate surface area is 132 Å². The van der Waals surface area contributed by atoms with Crippen LogP contribution in [0.4, 0.5) is 10.7 Å². The molecule has 1 aliphatic heterocycles. The van der Waals surface area contributed by atoms with Crippen molar-refractivity contribution in [2.75, 3.05) is 18.4 Å². The van der Waals surface area contributed by atoms with Gasteiger partial charge in [-0.3, -0.25) is 10.00 Å². The van der Waals surface area contributed by atoms with E-state index in [-0.39, 0.29) is 12.1 Å². The van der Waals surface area contributed by atoms with Crippen LogP contribution in [0.1, 0.15) is 6.42 Å². The highest BCUT2D eigenvalue weighted by Gasteiger charge is 2.28. The molecule has 116 valence electrons. The van der Waals surface area contributed by atoms with E-state index in [0.717, 1.165) is 12.2 Å². The number of aromatic nitrogens is 3. The molecule has 22 heavy (non-hydrogen) atoms. The van der Waals surface area contributed by atoms with E-state index >= 15 is 0 Å². The number of urea groups is 1. The van der Waals surface area contributed by atoms with Crippen LogP contribution in [0.5, 0.6) is 5.75 Å². The predicted molar refractivity (Wildman–Crippen MR) is 82.1 cm³/mol. The van der Waals surface area contributed by atoms with Gasteiger partial charge in [0.15, 0.2) is 0 Å². The average Bonchev–Trinajstić information content (AvgIpc) is 3.11. The number of hydrogen-bond acceptors (Lipinski definition) is 4. The molecule has 1 saturated heterocycles. The molecular formula is C14H16ClN5O2. The first kappa shape index (κ1) is 14.6. The topological polar surface area (TPSA) is 72.3 Å². The largest absolute Gasteiger partial charge is 0.489 e. The summed E-state index contributed by atoms with van der Waals surface area (Å²) in [7, 11) is 1.74. The van der Waals surface area contributed by atoms with Gasteiger partial charge < -0.3 is 9.64 Å². The second kappa shape index (κ2) is 6.23. The van der Waals surface area contributed by atoms with Gasteiger partial charge in [-0.05, 0) is 24.3 Å². The number of rotatable bonds is 3. The quantitative estimate of drug-likeness (QED) is 0.940. The van der Waals surface area contributed by atoms with Crippen molar-refractivity contribution in [1.29, 1.82) is 0 Å². The van der Waals surface area contributed by atoms with Crippen LogP contribution in [0.3, 0.4) is 0 Å². The molecule has 1 unspecified atom stereocenters. The molecule has 1 fully saturated rings. The standard InChI is InChI=1S/C14H16ClN5O2/c1-19-9-16-13(18-19)17-14(21)20-7-6-12(8-20)22-11-4-2-10(15)3-5-11/h2-5,9,12H,6-8H2,1H3,(H,17,18,21). The summed E-state index contributed by atoms with van der Waals surface area (Å²) in [6, 6.07) is 6.99. The van der Waals surface area contributed by atoms with E-state index in [4.69, 9.17) is 16.3 Å². The highest BCUT2D eigenvalue weighted by molar-refractivity contribution is 6.30. The lowest BCUT2D eigenvalue weighted by atomic mass is 10.3. The fourth-order valence-electron chi connectivity index (χ4n) is 2.29. The summed E-state index contributed by atoms with van der Waals surface area (Å²) in [5.74, 6) is 1.05. The number of carbonyl (C=O) groups excluding carboxylic acids is 1. The maximum Gasteiger partial charge on any atom is 0.324 e. The molecular weight excluding hydrogens is 306 g/mol. The third-order valence-electron chi connectivity index (χ3n) is 3.37. The van der Waals surface area contributed by atoms with Gasteiger partial charge >= 0.3 is 6.03 Å². The Hall–Kier alpha value is -2.28. The van der Waals surface area contributed by atoms with Gasteiger partial charge in [0.1, 0.15) is 18.2 Å². The lowest BCUT2D eigenvalue weighted by molar-refractivity contribution is 0.194. The van der Waals surface area contributed by atoms with E-state index in [2.05, 4.69) is 15.4 Å². The third-order valence-corrected chi connectivity index (χ3v) is 3.62. The van der Waals surface area contributed by atoms with E-state index < -0.39 is 0 Å². The molecule has 1 aliphatic rings. The van der Waals surface area contributed by atoms with Gasteiger partial charge in [0.25, 0.3) is 0 Å². The number of aryl methyl sites for hydroxylation is 1. The van der Waals surface area contributed by atoms with E-state index in [1.165, 1.54) is 11.0 Å². The molecule has 1 atom stereocenters. The van der Waals surface area contributed by atoms with Gasteiger partial charge in [0.2, 0.25) is 5.95 Å². The summed E-state index contributed by atoms with van der Waals surface area (Å²) in [5, 5.41) is 7.36. The number of hydrogen-bond donors (Lipinski definition) is 1. The minimum absolute atomic E-state index is 0.0244. The molecule has 0 spiro atoms. The van der Waals surface area contributed by atoms with Gasteiger partial charge in [0, 0.05) is 25.0 Å². The van der Waals surface area contributed by atoms with Crippen LogP contribution < -0.4 is 10.1 Å². The van der Waals surface area contributed by atoms with Gasteiger partial charge in [-0.15, -0.1) is 5.10 Å². The first-order chi connectivity index (χ1) is 10.6. The number of nitrogens with one attached hydrogen (secondary N) is 1. The second-order valence-electron chi connectivity index (χ2n) is 5.10. The number of nitrogens with zero attached hydrogens (tertiary/aromatic N) is 4. The van der Waals surface area contributed by atoms with Gasteiger partial charge in [-0.2, -0.15) is 0 Å². The molecule has 1 aromatic heterocycles. The maximum atomic E-state index is 12.1. The lowest BCUT2D eigenvalue weighted by Crippen LogP contribution is -2.34. The average molecular weight is 322 g/mol. The molecule has 0 bridgehead atoms. The van der Waals surface area contributed by atoms with Gasteiger partial charge in [0.05, 0.1) is 6.54 Å². The predicted octanol–water partition coefficient (Wildman–Crippen LogP) is 2.15. The Bertz CT molecular complexity index is 658. The van der Waals surface area contributed by atoms with Crippen LogP contribution in [0.2, 0.25) is 5.02 Å². The van der Waals surface area contributed by atoms with Gasteiger partial charge in [-0.25, -0.2) is 9.78 Å². The lowest BCUT2D eigenvalue weighted by Gasteiger charge is -2.17. The zero-order valence-electron chi connectivity index (χ0n) is 12.1. The van der Waals surface area contributed by atoms with E-state index in [9.17, 15) is 4.79 Å². The number of amides is 2. The molecule has 1 aromatic carbocycles. The van der Waals surface area contributed by atoms with Crippen molar-refractivity contribution in [3.63, 3.8) is 0 Å². The van der Waals surface area contributed by atoms with Crippen molar-refractivity contribution < 1.29 is 9.53 Å². The molecule has 2 heterocycles. The molecule has 8 heteroatoms. The first-order valence-electron chi connectivity index (χ1n) is 6.94. The summed E-state index contributed by atoms with van der Waals surface area (Å²) in [6.45, 7) is 1.16. The SMILES string of the molecule is Cn1cnc(NC(=O)N2CCC(Oc3ccc(Cl)cc3)C2)n1. The molecule has 2 amide bonds. The summed E-state index contributed by atoms with van der Waals surface area (Å²) in [4.78, 5) is 17.8. The zero-order valence-corrected chi connectivity index (χ0v) is 12.8. The van der Waals surface area contributed by atoms with E-state index in [1.54, 1.807) is 24.1 Å². The summed E-state index contributed by atoms with van der Waals surface area (Å²) in [5.41, 5.74) is 0. The normalized spacial score (nSPS) is 17.5. The molecule has 3 rings (SSSR count). The monoisotopic (exact) mass is 321 g/mol. The van der Waals surface area contributed by atoms with Gasteiger partial charge in [-0.1, -0.05) is 11.6 Å². The van der Waals surface area contributed by atoms with Crippen molar-refractivity contribution in [2.24, 2.45) is 7.05 Å². The second-order valence-corrected chi connectivity index (χ2v) is 5.54. The van der Waals surface area contributed by atoms with Crippen molar-refractivity contribution >= 4 is 23.6 Å². The maximum absolute atomic E-state index is 12.1. The Morgan fingerprint density at radius 3 is 2.86 bits per heavy atom. The molecule has 2 aromatic rings. The zero-order chi connectivity index (χ0) is 15.5. The van der Waals surface area contributed by atoms with Crippen LogP contribution in [0.15, 0.2) is 30.6 Å². The minimum Gasteiger partial charge on any atom is -0.489 e. The number of ether oxygens (including phenoxy) is 1. The van der Waals surface area contributed by atoms with Crippen LogP contribution in [0, 0.1) is 0 Å².